The maximum atomic E-state index is 13.6. The minimum Gasteiger partial charge on any atom is -0.382 e. The Balaban J connectivity index is 2.64. The fourth-order valence-electron chi connectivity index (χ4n) is 1.70. The largest absolute Gasteiger partial charge is 0.382 e. The number of hydrogen-bond donors (Lipinski definition) is 1. The first-order valence-corrected chi connectivity index (χ1v) is 6.20. The molecule has 0 saturated heterocycles. The van der Waals surface area contributed by atoms with Gasteiger partial charge in [0.1, 0.15) is 5.82 Å². The molecule has 0 aliphatic rings. The van der Waals surface area contributed by atoms with E-state index in [9.17, 15) is 4.39 Å². The standard InChI is InChI=1S/C13H21FN2O/c1-3-7-16-13(6-9-17-4-2)11-5-8-15-10-12(11)14/h5,8,10,13,16H,3-4,6-7,9H2,1-2H3. The SMILES string of the molecule is CCCNC(CCOCC)c1ccncc1F. The van der Waals surface area contributed by atoms with Gasteiger partial charge in [0.2, 0.25) is 0 Å². The molecular weight excluding hydrogens is 219 g/mol. The summed E-state index contributed by atoms with van der Waals surface area (Å²) in [6.07, 6.45) is 4.68. The smallest absolute Gasteiger partial charge is 0.146 e. The normalized spacial score (nSPS) is 12.6. The lowest BCUT2D eigenvalue weighted by molar-refractivity contribution is 0.136. The molecule has 0 saturated carbocycles. The Hall–Kier alpha value is -1.00. The van der Waals surface area contributed by atoms with Crippen LogP contribution < -0.4 is 5.32 Å². The van der Waals surface area contributed by atoms with Crippen molar-refractivity contribution < 1.29 is 9.13 Å². The second-order valence-electron chi connectivity index (χ2n) is 3.89. The first-order valence-electron chi connectivity index (χ1n) is 6.20. The zero-order chi connectivity index (χ0) is 12.5. The van der Waals surface area contributed by atoms with E-state index in [1.165, 1.54) is 6.20 Å². The minimum absolute atomic E-state index is 0.00417. The average molecular weight is 240 g/mol. The molecule has 1 aromatic heterocycles. The highest BCUT2D eigenvalue weighted by Gasteiger charge is 2.14. The molecule has 0 spiro atoms. The van der Waals surface area contributed by atoms with Crippen molar-refractivity contribution in [3.8, 4) is 0 Å². The number of aromatic nitrogens is 1. The van der Waals surface area contributed by atoms with Crippen LogP contribution in [0.3, 0.4) is 0 Å². The molecule has 1 heterocycles. The summed E-state index contributed by atoms with van der Waals surface area (Å²) < 4.78 is 19.0. The molecule has 96 valence electrons. The van der Waals surface area contributed by atoms with Crippen molar-refractivity contribution in [3.63, 3.8) is 0 Å². The zero-order valence-electron chi connectivity index (χ0n) is 10.6. The third kappa shape index (κ3) is 4.79. The summed E-state index contributed by atoms with van der Waals surface area (Å²) in [5.74, 6) is -0.252. The van der Waals surface area contributed by atoms with Gasteiger partial charge in [-0.3, -0.25) is 4.98 Å². The Morgan fingerprint density at radius 3 is 2.94 bits per heavy atom. The fraction of sp³-hybridized carbons (Fsp3) is 0.615. The van der Waals surface area contributed by atoms with E-state index in [1.807, 2.05) is 6.92 Å². The third-order valence-corrected chi connectivity index (χ3v) is 2.57. The molecule has 1 unspecified atom stereocenters. The highest BCUT2D eigenvalue weighted by Crippen LogP contribution is 2.19. The molecule has 0 amide bonds. The number of nitrogens with one attached hydrogen (secondary N) is 1. The van der Waals surface area contributed by atoms with Gasteiger partial charge in [0.05, 0.1) is 6.20 Å². The van der Waals surface area contributed by atoms with Crippen LogP contribution in [0.2, 0.25) is 0 Å². The van der Waals surface area contributed by atoms with Crippen molar-refractivity contribution in [2.45, 2.75) is 32.7 Å². The van der Waals surface area contributed by atoms with Crippen molar-refractivity contribution >= 4 is 0 Å². The number of pyridine rings is 1. The Morgan fingerprint density at radius 1 is 1.47 bits per heavy atom. The quantitative estimate of drug-likeness (QED) is 0.709. The van der Waals surface area contributed by atoms with Gasteiger partial charge in [0, 0.05) is 31.0 Å². The molecule has 3 nitrogen and oxygen atoms in total. The number of rotatable bonds is 8. The first-order chi connectivity index (χ1) is 8.29. The number of ether oxygens (including phenoxy) is 1. The van der Waals surface area contributed by atoms with Crippen LogP contribution in [0, 0.1) is 5.82 Å². The van der Waals surface area contributed by atoms with E-state index in [-0.39, 0.29) is 11.9 Å². The van der Waals surface area contributed by atoms with Gasteiger partial charge in [-0.1, -0.05) is 6.92 Å². The van der Waals surface area contributed by atoms with Crippen LogP contribution >= 0.6 is 0 Å². The zero-order valence-corrected chi connectivity index (χ0v) is 10.6. The lowest BCUT2D eigenvalue weighted by atomic mass is 10.0. The van der Waals surface area contributed by atoms with Gasteiger partial charge >= 0.3 is 0 Å². The molecule has 1 aromatic rings. The predicted octanol–water partition coefficient (Wildman–Crippen LogP) is 2.69. The van der Waals surface area contributed by atoms with E-state index < -0.39 is 0 Å². The lowest BCUT2D eigenvalue weighted by Gasteiger charge is -2.19. The summed E-state index contributed by atoms with van der Waals surface area (Å²) in [5.41, 5.74) is 0.674. The third-order valence-electron chi connectivity index (χ3n) is 2.57. The van der Waals surface area contributed by atoms with Crippen molar-refractivity contribution in [2.75, 3.05) is 19.8 Å². The van der Waals surface area contributed by atoms with Gasteiger partial charge in [-0.15, -0.1) is 0 Å². The summed E-state index contributed by atoms with van der Waals surface area (Å²) in [6, 6.07) is 1.73. The Kier molecular flexibility index (Phi) is 6.74. The van der Waals surface area contributed by atoms with Crippen LogP contribution in [0.1, 0.15) is 38.3 Å². The maximum Gasteiger partial charge on any atom is 0.146 e. The van der Waals surface area contributed by atoms with Crippen molar-refractivity contribution in [1.82, 2.24) is 10.3 Å². The molecule has 0 aliphatic carbocycles. The van der Waals surface area contributed by atoms with Crippen LogP contribution in [0.5, 0.6) is 0 Å². The second-order valence-corrected chi connectivity index (χ2v) is 3.89. The highest BCUT2D eigenvalue weighted by molar-refractivity contribution is 5.17. The van der Waals surface area contributed by atoms with E-state index in [0.717, 1.165) is 19.4 Å². The number of nitrogens with zero attached hydrogens (tertiary/aromatic N) is 1. The van der Waals surface area contributed by atoms with Crippen molar-refractivity contribution in [2.24, 2.45) is 0 Å². The lowest BCUT2D eigenvalue weighted by Crippen LogP contribution is -2.24. The van der Waals surface area contributed by atoms with Gasteiger partial charge in [-0.25, -0.2) is 4.39 Å². The molecule has 1 N–H and O–H groups in total. The average Bonchev–Trinajstić information content (AvgIpc) is 2.35. The maximum absolute atomic E-state index is 13.6. The second kappa shape index (κ2) is 8.14. The molecule has 4 heteroatoms. The number of hydrogen-bond acceptors (Lipinski definition) is 3. The van der Waals surface area contributed by atoms with E-state index in [1.54, 1.807) is 12.3 Å². The van der Waals surface area contributed by atoms with E-state index in [4.69, 9.17) is 4.74 Å². The van der Waals surface area contributed by atoms with Gasteiger partial charge in [0.25, 0.3) is 0 Å². The van der Waals surface area contributed by atoms with Crippen LogP contribution in [-0.2, 0) is 4.74 Å². The van der Waals surface area contributed by atoms with Crippen molar-refractivity contribution in [1.29, 1.82) is 0 Å². The molecule has 0 aliphatic heterocycles. The van der Waals surface area contributed by atoms with Crippen LogP contribution in [0.4, 0.5) is 4.39 Å². The van der Waals surface area contributed by atoms with Gasteiger partial charge in [-0.2, -0.15) is 0 Å². The summed E-state index contributed by atoms with van der Waals surface area (Å²) in [7, 11) is 0. The molecule has 0 fully saturated rings. The van der Waals surface area contributed by atoms with Gasteiger partial charge < -0.3 is 10.1 Å². The minimum atomic E-state index is -0.252. The molecule has 1 atom stereocenters. The number of halogens is 1. The summed E-state index contributed by atoms with van der Waals surface area (Å²) in [5, 5.41) is 3.34. The Labute approximate surface area is 102 Å². The monoisotopic (exact) mass is 240 g/mol. The Bertz CT molecular complexity index is 320. The molecule has 17 heavy (non-hydrogen) atoms. The summed E-state index contributed by atoms with van der Waals surface area (Å²) in [6.45, 7) is 6.26. The summed E-state index contributed by atoms with van der Waals surface area (Å²) >= 11 is 0. The van der Waals surface area contributed by atoms with Crippen LogP contribution in [0.25, 0.3) is 0 Å². The first kappa shape index (κ1) is 14.1. The predicted molar refractivity (Wildman–Crippen MR) is 66.3 cm³/mol. The van der Waals surface area contributed by atoms with Crippen LogP contribution in [0.15, 0.2) is 18.5 Å². The van der Waals surface area contributed by atoms with Crippen molar-refractivity contribution in [3.05, 3.63) is 29.8 Å². The van der Waals surface area contributed by atoms with E-state index in [0.29, 0.717) is 18.8 Å². The highest BCUT2D eigenvalue weighted by atomic mass is 19.1. The topological polar surface area (TPSA) is 34.1 Å². The van der Waals surface area contributed by atoms with E-state index in [2.05, 4.69) is 17.2 Å². The Morgan fingerprint density at radius 2 is 2.29 bits per heavy atom. The molecular formula is C13H21FN2O. The molecule has 1 rings (SSSR count). The van der Waals surface area contributed by atoms with Gasteiger partial charge in [0.15, 0.2) is 0 Å². The molecule has 0 radical (unpaired) electrons. The summed E-state index contributed by atoms with van der Waals surface area (Å²) in [4.78, 5) is 3.77. The van der Waals surface area contributed by atoms with Gasteiger partial charge in [-0.05, 0) is 32.4 Å². The molecule has 0 bridgehead atoms. The van der Waals surface area contributed by atoms with E-state index >= 15 is 0 Å². The van der Waals surface area contributed by atoms with Crippen LogP contribution in [-0.4, -0.2) is 24.7 Å². The fourth-order valence-corrected chi connectivity index (χ4v) is 1.70. The molecule has 0 aromatic carbocycles.